The van der Waals surface area contributed by atoms with Gasteiger partial charge in [0, 0.05) is 10.7 Å². The minimum absolute atomic E-state index is 0.00816. The Hall–Kier alpha value is -1.56. The third kappa shape index (κ3) is 5.28. The van der Waals surface area contributed by atoms with Crippen LogP contribution in [0, 0.1) is 0 Å². The topological polar surface area (TPSA) is 54.6 Å². The van der Waals surface area contributed by atoms with Crippen LogP contribution in [0.15, 0.2) is 41.4 Å². The van der Waals surface area contributed by atoms with Crippen molar-refractivity contribution in [1.82, 2.24) is 4.57 Å². The van der Waals surface area contributed by atoms with Gasteiger partial charge in [0.15, 0.2) is 9.80 Å². The lowest BCUT2D eigenvalue weighted by Crippen LogP contribution is -2.26. The maximum Gasteiger partial charge on any atom is 0.347 e. The largest absolute Gasteiger partial charge is 0.477 e. The molecule has 2 aromatic rings. The number of hydrogen-bond donors (Lipinski definition) is 1. The van der Waals surface area contributed by atoms with Crippen LogP contribution in [-0.2, 0) is 0 Å². The highest BCUT2D eigenvalue weighted by atomic mass is 35.5. The van der Waals surface area contributed by atoms with Gasteiger partial charge in [0.1, 0.15) is 4.88 Å². The van der Waals surface area contributed by atoms with E-state index in [1.54, 1.807) is 6.92 Å². The summed E-state index contributed by atoms with van der Waals surface area (Å²) < 4.78 is 1.99. The molecule has 0 aliphatic heterocycles. The van der Waals surface area contributed by atoms with E-state index in [-0.39, 0.29) is 12.0 Å². The van der Waals surface area contributed by atoms with Crippen LogP contribution >= 0.6 is 34.5 Å². The van der Waals surface area contributed by atoms with E-state index >= 15 is 0 Å². The Kier molecular flexibility index (Phi) is 7.54. The van der Waals surface area contributed by atoms with Crippen LogP contribution in [0.5, 0.6) is 0 Å². The van der Waals surface area contributed by atoms with Crippen LogP contribution < -0.4 is 4.80 Å². The van der Waals surface area contributed by atoms with Crippen LogP contribution in [0.2, 0.25) is 5.02 Å². The first-order valence-corrected chi connectivity index (χ1v) is 10.8. The van der Waals surface area contributed by atoms with Gasteiger partial charge in [-0.25, -0.2) is 9.79 Å². The number of carboxylic acids is 1. The maximum absolute atomic E-state index is 11.9. The van der Waals surface area contributed by atoms with E-state index in [0.717, 1.165) is 29.0 Å². The first-order chi connectivity index (χ1) is 13.1. The predicted molar refractivity (Wildman–Crippen MR) is 118 cm³/mol. The zero-order chi connectivity index (χ0) is 21.1. The van der Waals surface area contributed by atoms with Gasteiger partial charge < -0.3 is 9.67 Å². The molecule has 0 radical (unpaired) electrons. The highest BCUT2D eigenvalue weighted by Crippen LogP contribution is 2.29. The number of thiazole rings is 1. The number of aromatic carboxylic acids is 1. The van der Waals surface area contributed by atoms with Crippen LogP contribution in [0.4, 0.5) is 0 Å². The molecule has 28 heavy (non-hydrogen) atoms. The lowest BCUT2D eigenvalue weighted by molar-refractivity contribution is 0.0699. The van der Waals surface area contributed by atoms with Crippen LogP contribution in [-0.4, -0.2) is 20.6 Å². The quantitative estimate of drug-likeness (QED) is 0.305. The van der Waals surface area contributed by atoms with Crippen LogP contribution in [0.1, 0.15) is 73.9 Å². The molecular weight excluding hydrogens is 415 g/mol. The Morgan fingerprint density at radius 2 is 1.93 bits per heavy atom. The number of nitrogens with zero attached hydrogens (tertiary/aromatic N) is 2. The number of aromatic nitrogens is 1. The predicted octanol–water partition coefficient (Wildman–Crippen LogP) is 6.46. The molecule has 4 nitrogen and oxygen atoms in total. The molecule has 2 atom stereocenters. The molecular formula is C21H26Cl2N2O2S. The SMILES string of the molecule is CC/C=C\C(C)(Cl)/N=c1/sc(C(=O)O)c(C(C)C)n1C(C)c1ccc(Cl)cc1. The van der Waals surface area contributed by atoms with E-state index in [9.17, 15) is 9.90 Å². The molecule has 0 fully saturated rings. The van der Waals surface area contributed by atoms with Crippen molar-refractivity contribution in [2.45, 2.75) is 58.0 Å². The summed E-state index contributed by atoms with van der Waals surface area (Å²) in [5.41, 5.74) is 1.76. The molecule has 0 aliphatic carbocycles. The first-order valence-electron chi connectivity index (χ1n) is 9.23. The Balaban J connectivity index is 2.78. The highest BCUT2D eigenvalue weighted by molar-refractivity contribution is 7.11. The number of halogens is 2. The molecule has 152 valence electrons. The lowest BCUT2D eigenvalue weighted by atomic mass is 10.0. The summed E-state index contributed by atoms with van der Waals surface area (Å²) in [6.45, 7) is 9.82. The summed E-state index contributed by atoms with van der Waals surface area (Å²) in [6.07, 6.45) is 4.64. The standard InChI is InChI=1S/C21H26Cl2N2O2S/c1-6-7-12-21(5,23)24-20-25(14(4)15-8-10-16(22)11-9-15)17(13(2)3)18(28-20)19(26)27/h7-14H,6H2,1-5H3,(H,26,27)/b12-7-,24-20+. The molecule has 0 aliphatic rings. The molecule has 0 amide bonds. The average molecular weight is 441 g/mol. The highest BCUT2D eigenvalue weighted by Gasteiger charge is 2.26. The van der Waals surface area contributed by atoms with Gasteiger partial charge >= 0.3 is 5.97 Å². The molecule has 0 bridgehead atoms. The fourth-order valence-electron chi connectivity index (χ4n) is 3.00. The second-order valence-electron chi connectivity index (χ2n) is 7.10. The van der Waals surface area contributed by atoms with Crippen molar-refractivity contribution in [3.05, 3.63) is 62.4 Å². The van der Waals surface area contributed by atoms with Gasteiger partial charge in [0.2, 0.25) is 0 Å². The normalized spacial score (nSPS) is 15.9. The number of carbonyl (C=O) groups is 1. The number of benzene rings is 1. The molecule has 1 aromatic carbocycles. The summed E-state index contributed by atoms with van der Waals surface area (Å²) in [4.78, 5) is 16.6. The fourth-order valence-corrected chi connectivity index (χ4v) is 4.64. The maximum atomic E-state index is 11.9. The van der Waals surface area contributed by atoms with E-state index in [1.807, 2.05) is 68.7 Å². The minimum Gasteiger partial charge on any atom is -0.477 e. The van der Waals surface area contributed by atoms with Crippen molar-refractivity contribution < 1.29 is 9.90 Å². The van der Waals surface area contributed by atoms with Crippen molar-refractivity contribution in [2.24, 2.45) is 4.99 Å². The lowest BCUT2D eigenvalue weighted by Gasteiger charge is -2.21. The monoisotopic (exact) mass is 440 g/mol. The Bertz CT molecular complexity index is 925. The number of allylic oxidation sites excluding steroid dienone is 1. The molecule has 1 N–H and O–H groups in total. The van der Waals surface area contributed by atoms with Crippen molar-refractivity contribution in [2.75, 3.05) is 0 Å². The van der Waals surface area contributed by atoms with Crippen molar-refractivity contribution >= 4 is 40.5 Å². The smallest absolute Gasteiger partial charge is 0.347 e. The molecule has 1 heterocycles. The molecule has 7 heteroatoms. The van der Waals surface area contributed by atoms with Gasteiger partial charge in [-0.3, -0.25) is 0 Å². The molecule has 1 aromatic heterocycles. The summed E-state index contributed by atoms with van der Waals surface area (Å²) in [6, 6.07) is 7.44. The summed E-state index contributed by atoms with van der Waals surface area (Å²) in [7, 11) is 0. The average Bonchev–Trinajstić information content (AvgIpc) is 2.99. The van der Waals surface area contributed by atoms with Gasteiger partial charge in [-0.05, 0) is 50.0 Å². The molecule has 0 saturated heterocycles. The minimum atomic E-state index is -0.952. The molecule has 0 saturated carbocycles. The Morgan fingerprint density at radius 3 is 2.43 bits per heavy atom. The third-order valence-electron chi connectivity index (χ3n) is 4.34. The zero-order valence-corrected chi connectivity index (χ0v) is 19.1. The number of hydrogen-bond acceptors (Lipinski definition) is 3. The number of alkyl halides is 1. The Morgan fingerprint density at radius 1 is 1.32 bits per heavy atom. The second-order valence-corrected chi connectivity index (χ2v) is 9.28. The van der Waals surface area contributed by atoms with Crippen molar-refractivity contribution in [3.63, 3.8) is 0 Å². The fraction of sp³-hybridized carbons (Fsp3) is 0.429. The van der Waals surface area contributed by atoms with Crippen LogP contribution in [0.3, 0.4) is 0 Å². The van der Waals surface area contributed by atoms with E-state index < -0.39 is 11.0 Å². The van der Waals surface area contributed by atoms with Crippen LogP contribution in [0.25, 0.3) is 0 Å². The summed E-state index contributed by atoms with van der Waals surface area (Å²) >= 11 is 13.8. The molecule has 2 unspecified atom stereocenters. The third-order valence-corrected chi connectivity index (χ3v) is 5.87. The number of rotatable bonds is 7. The molecule has 2 rings (SSSR count). The van der Waals surface area contributed by atoms with Gasteiger partial charge in [-0.1, -0.05) is 73.5 Å². The van der Waals surface area contributed by atoms with E-state index in [1.165, 1.54) is 0 Å². The molecule has 0 spiro atoms. The van der Waals surface area contributed by atoms with Crippen molar-refractivity contribution in [1.29, 1.82) is 0 Å². The summed E-state index contributed by atoms with van der Waals surface area (Å²) in [5, 5.41) is 10.4. The van der Waals surface area contributed by atoms with E-state index in [0.29, 0.717) is 14.7 Å². The van der Waals surface area contributed by atoms with Crippen molar-refractivity contribution in [3.8, 4) is 0 Å². The first kappa shape index (κ1) is 22.7. The van der Waals surface area contributed by atoms with Gasteiger partial charge in [-0.2, -0.15) is 0 Å². The van der Waals surface area contributed by atoms with E-state index in [4.69, 9.17) is 28.2 Å². The van der Waals surface area contributed by atoms with E-state index in [2.05, 4.69) is 0 Å². The van der Waals surface area contributed by atoms with Gasteiger partial charge in [0.05, 0.1) is 6.04 Å². The van der Waals surface area contributed by atoms with Gasteiger partial charge in [-0.15, -0.1) is 0 Å². The second kappa shape index (κ2) is 9.29. The van der Waals surface area contributed by atoms with Gasteiger partial charge in [0.25, 0.3) is 0 Å². The number of carboxylic acid groups (broad SMARTS) is 1. The summed E-state index contributed by atoms with van der Waals surface area (Å²) in [5.74, 6) is -0.943. The zero-order valence-electron chi connectivity index (χ0n) is 16.7. The Labute approximate surface area is 180 Å².